The normalized spacial score (nSPS) is 10.5. The van der Waals surface area contributed by atoms with Crippen molar-refractivity contribution in [2.75, 3.05) is 13.1 Å². The van der Waals surface area contributed by atoms with Crippen molar-refractivity contribution in [2.24, 2.45) is 9.98 Å². The molecular weight excluding hydrogens is 519 g/mol. The van der Waals surface area contributed by atoms with Gasteiger partial charge in [0.05, 0.1) is 13.1 Å². The van der Waals surface area contributed by atoms with Crippen LogP contribution < -0.4 is 10.2 Å². The number of aliphatic imine (C=N–C) groups is 2. The molecule has 1 radical (unpaired) electrons. The van der Waals surface area contributed by atoms with Crippen LogP contribution in [0, 0.1) is 13.8 Å². The van der Waals surface area contributed by atoms with Gasteiger partial charge < -0.3 is 30.0 Å². The first-order valence-corrected chi connectivity index (χ1v) is 11.7. The molecule has 37 heavy (non-hydrogen) atoms. The molecular formula is C28H38CoN2O6. The molecule has 0 heterocycles. The van der Waals surface area contributed by atoms with Crippen LogP contribution in [0.1, 0.15) is 86.8 Å². The number of benzene rings is 2. The maximum absolute atomic E-state index is 10.2. The second-order valence-electron chi connectivity index (χ2n) is 8.91. The molecule has 0 aliphatic heterocycles. The minimum Gasteiger partial charge on any atom is -0.550 e. The zero-order valence-corrected chi connectivity index (χ0v) is 23.8. The Bertz CT molecular complexity index is 985. The average Bonchev–Trinajstić information content (AvgIpc) is 2.74. The maximum atomic E-state index is 10.2. The van der Waals surface area contributed by atoms with Crippen molar-refractivity contribution in [2.45, 2.75) is 67.2 Å². The minimum atomic E-state index is -1.08. The molecule has 205 valence electrons. The van der Waals surface area contributed by atoms with Gasteiger partial charge in [-0.1, -0.05) is 39.8 Å². The number of nitrogens with zero attached hydrogens (tertiary/aromatic N) is 2. The third-order valence-corrected chi connectivity index (χ3v) is 4.86. The molecule has 2 N–H and O–H groups in total. The van der Waals surface area contributed by atoms with Gasteiger partial charge in [0, 0.05) is 35.5 Å². The minimum absolute atomic E-state index is 0. The van der Waals surface area contributed by atoms with Gasteiger partial charge in [0.2, 0.25) is 0 Å². The van der Waals surface area contributed by atoms with E-state index in [0.29, 0.717) is 24.9 Å². The van der Waals surface area contributed by atoms with E-state index in [1.54, 1.807) is 12.4 Å². The number of carbonyl (C=O) groups excluding carboxylic acids is 2. The molecule has 0 saturated heterocycles. The van der Waals surface area contributed by atoms with Crippen molar-refractivity contribution in [3.8, 4) is 11.5 Å². The van der Waals surface area contributed by atoms with Crippen LogP contribution in [0.5, 0.6) is 11.5 Å². The van der Waals surface area contributed by atoms with Gasteiger partial charge in [0.1, 0.15) is 11.5 Å². The molecule has 9 heteroatoms. The van der Waals surface area contributed by atoms with Crippen LogP contribution in [0.15, 0.2) is 34.3 Å². The van der Waals surface area contributed by atoms with Gasteiger partial charge >= 0.3 is 16.8 Å². The quantitative estimate of drug-likeness (QED) is 0.395. The Morgan fingerprint density at radius 2 is 1.03 bits per heavy atom. The molecule has 0 saturated carbocycles. The summed E-state index contributed by atoms with van der Waals surface area (Å²) in [5.41, 5.74) is 5.58. The molecule has 0 atom stereocenters. The molecule has 0 spiro atoms. The first-order valence-electron chi connectivity index (χ1n) is 11.7. The van der Waals surface area contributed by atoms with E-state index >= 15 is 0 Å². The molecule has 0 fully saturated rings. The van der Waals surface area contributed by atoms with E-state index in [1.165, 1.54) is 11.1 Å². The van der Waals surface area contributed by atoms with Crippen molar-refractivity contribution in [3.05, 3.63) is 57.6 Å². The molecule has 0 unspecified atom stereocenters. The Kier molecular flexibility index (Phi) is 17.6. The van der Waals surface area contributed by atoms with Crippen molar-refractivity contribution in [1.29, 1.82) is 0 Å². The smallest absolute Gasteiger partial charge is 0.550 e. The van der Waals surface area contributed by atoms with Gasteiger partial charge in [-0.15, -0.1) is 0 Å². The van der Waals surface area contributed by atoms with Crippen molar-refractivity contribution in [1.82, 2.24) is 0 Å². The summed E-state index contributed by atoms with van der Waals surface area (Å²) in [6.45, 7) is 15.3. The van der Waals surface area contributed by atoms with E-state index in [2.05, 4.69) is 37.7 Å². The number of phenolic OH excluding ortho intramolecular Hbond substituents is 2. The summed E-state index contributed by atoms with van der Waals surface area (Å²) in [6.07, 6.45) is 3.43. The summed E-state index contributed by atoms with van der Waals surface area (Å²) < 4.78 is 0. The number of aromatic hydroxyl groups is 2. The van der Waals surface area contributed by atoms with E-state index in [-0.39, 0.29) is 28.3 Å². The third-order valence-electron chi connectivity index (χ3n) is 4.86. The Morgan fingerprint density at radius 3 is 1.27 bits per heavy atom. The summed E-state index contributed by atoms with van der Waals surface area (Å²) >= 11 is 0. The first kappa shape index (κ1) is 36.0. The van der Waals surface area contributed by atoms with E-state index in [1.807, 2.05) is 38.1 Å². The molecule has 2 aromatic carbocycles. The number of phenols is 2. The van der Waals surface area contributed by atoms with Gasteiger partial charge in [0.15, 0.2) is 0 Å². The van der Waals surface area contributed by atoms with Crippen molar-refractivity contribution in [3.63, 3.8) is 0 Å². The second kappa shape index (κ2) is 18.1. The van der Waals surface area contributed by atoms with Crippen LogP contribution in [-0.2, 0) is 26.4 Å². The number of aliphatic carboxylic acids is 2. The van der Waals surface area contributed by atoms with Gasteiger partial charge in [-0.3, -0.25) is 9.98 Å². The van der Waals surface area contributed by atoms with Crippen LogP contribution in [0.25, 0.3) is 0 Å². The summed E-state index contributed by atoms with van der Waals surface area (Å²) in [6, 6.07) is 8.00. The van der Waals surface area contributed by atoms with Crippen molar-refractivity contribution >= 4 is 24.4 Å². The number of rotatable bonds is 7. The molecule has 2 aromatic rings. The number of carbonyl (C=O) groups is 2. The fourth-order valence-corrected chi connectivity index (χ4v) is 2.98. The van der Waals surface area contributed by atoms with E-state index < -0.39 is 11.9 Å². The topological polar surface area (TPSA) is 145 Å². The molecule has 0 amide bonds. The number of carboxylic acids is 2. The summed E-state index contributed by atoms with van der Waals surface area (Å²) in [5, 5.41) is 38.2. The Labute approximate surface area is 230 Å². The fraction of sp³-hybridized carbons (Fsp3) is 0.429. The molecule has 0 bridgehead atoms. The van der Waals surface area contributed by atoms with Gasteiger partial charge in [0.25, 0.3) is 0 Å². The zero-order chi connectivity index (χ0) is 28.0. The fourth-order valence-electron chi connectivity index (χ4n) is 2.98. The largest absolute Gasteiger partial charge is 2.00 e. The number of hydrogen-bond acceptors (Lipinski definition) is 8. The number of carboxylic acid groups (broad SMARTS) is 2. The predicted molar refractivity (Wildman–Crippen MR) is 140 cm³/mol. The predicted octanol–water partition coefficient (Wildman–Crippen LogP) is 3.01. The van der Waals surface area contributed by atoms with Crippen LogP contribution in [0.2, 0.25) is 0 Å². The van der Waals surface area contributed by atoms with E-state index in [9.17, 15) is 10.2 Å². The van der Waals surface area contributed by atoms with Gasteiger partial charge in [-0.2, -0.15) is 0 Å². The summed E-state index contributed by atoms with van der Waals surface area (Å²) in [7, 11) is 0. The van der Waals surface area contributed by atoms with Crippen molar-refractivity contribution < 1.29 is 46.8 Å². The monoisotopic (exact) mass is 557 g/mol. The van der Waals surface area contributed by atoms with E-state index in [0.717, 1.165) is 36.1 Å². The SMILES string of the molecule is CC(=O)[O-].CC(=O)[O-].Cc1cc(C(C)C)cc(C=NCCN=Cc2cc(C(C)C)cc(C)c2O)c1O.[Co+2]. The molecule has 0 aromatic heterocycles. The van der Waals surface area contributed by atoms with E-state index in [4.69, 9.17) is 19.8 Å². The summed E-state index contributed by atoms with van der Waals surface area (Å²) in [5.74, 6) is -0.812. The standard InChI is InChI=1S/C24H32N2O2.2C2H4O2.Co/c1-15(2)19-9-17(5)23(27)21(11-19)13-25-7-8-26-14-22-12-20(16(3)4)10-18(6)24(22)28;2*1-2(3)4;/h9-16,27-28H,7-8H2,1-6H3;2*1H3,(H,3,4);/q;;;+2/p-2. The molecule has 2 rings (SSSR count). The maximum Gasteiger partial charge on any atom is 2.00 e. The van der Waals surface area contributed by atoms with Gasteiger partial charge in [-0.05, 0) is 73.9 Å². The summed E-state index contributed by atoms with van der Waals surface area (Å²) in [4.78, 5) is 26.6. The number of aryl methyl sites for hydroxylation is 2. The average molecular weight is 558 g/mol. The first-order chi connectivity index (χ1) is 16.7. The Morgan fingerprint density at radius 1 is 0.757 bits per heavy atom. The third kappa shape index (κ3) is 14.9. The van der Waals surface area contributed by atoms with Crippen LogP contribution >= 0.6 is 0 Å². The molecule has 0 aliphatic carbocycles. The molecule has 0 aliphatic rings. The number of hydrogen-bond donors (Lipinski definition) is 2. The van der Waals surface area contributed by atoms with Gasteiger partial charge in [-0.25, -0.2) is 0 Å². The Hall–Kier alpha value is -3.17. The Balaban J connectivity index is 0. The van der Waals surface area contributed by atoms with Crippen LogP contribution in [0.3, 0.4) is 0 Å². The van der Waals surface area contributed by atoms with Crippen LogP contribution in [0.4, 0.5) is 0 Å². The molecule has 8 nitrogen and oxygen atoms in total. The van der Waals surface area contributed by atoms with Crippen LogP contribution in [-0.4, -0.2) is 47.7 Å². The second-order valence-corrected chi connectivity index (χ2v) is 8.91. The zero-order valence-electron chi connectivity index (χ0n) is 22.8.